The number of fused-ring (bicyclic) bond motifs is 1. The van der Waals surface area contributed by atoms with Gasteiger partial charge in [-0.25, -0.2) is 9.07 Å². The number of rotatable bonds is 12. The van der Waals surface area contributed by atoms with Crippen LogP contribution in [0.2, 0.25) is 0 Å². The number of carbonyl (C=O) groups is 4. The van der Waals surface area contributed by atoms with Crippen LogP contribution >= 0.6 is 0 Å². The lowest BCUT2D eigenvalue weighted by Gasteiger charge is -2.40. The minimum absolute atomic E-state index is 0.0251. The number of hydrogen-bond donors (Lipinski definition) is 1. The molecular formula is C49H53FN10O6. The number of piperazine rings is 1. The molecule has 1 N–H and O–H groups in total. The third-order valence-corrected chi connectivity index (χ3v) is 13.4. The molecule has 5 aliphatic heterocycles. The fourth-order valence-electron chi connectivity index (χ4n) is 9.71. The van der Waals surface area contributed by atoms with Crippen LogP contribution in [0.1, 0.15) is 57.5 Å². The Kier molecular flexibility index (Phi) is 12.2. The summed E-state index contributed by atoms with van der Waals surface area (Å²) in [5, 5.41) is 7.04. The Balaban J connectivity index is 0.695. The molecule has 0 bridgehead atoms. The Bertz CT molecular complexity index is 2640. The van der Waals surface area contributed by atoms with Crippen molar-refractivity contribution in [2.24, 2.45) is 5.92 Å². The van der Waals surface area contributed by atoms with Gasteiger partial charge in [0.1, 0.15) is 17.7 Å². The normalized spacial score (nSPS) is 19.7. The number of halogens is 1. The van der Waals surface area contributed by atoms with Gasteiger partial charge in [0.15, 0.2) is 5.82 Å². The minimum Gasteiger partial charge on any atom is -0.463 e. The average molecular weight is 897 g/mol. The summed E-state index contributed by atoms with van der Waals surface area (Å²) in [5.41, 5.74) is 5.79. The van der Waals surface area contributed by atoms with Gasteiger partial charge in [-0.1, -0.05) is 35.9 Å². The van der Waals surface area contributed by atoms with E-state index in [2.05, 4.69) is 69.4 Å². The number of nitrogens with zero attached hydrogens (tertiary/aromatic N) is 9. The van der Waals surface area contributed by atoms with Gasteiger partial charge in [-0.15, -0.1) is 0 Å². The number of hydrogen-bond acceptors (Lipinski definition) is 13. The Morgan fingerprint density at radius 1 is 0.773 bits per heavy atom. The zero-order valence-corrected chi connectivity index (χ0v) is 37.0. The van der Waals surface area contributed by atoms with Crippen LogP contribution in [0.3, 0.4) is 0 Å². The number of anilines is 3. The fourth-order valence-corrected chi connectivity index (χ4v) is 9.71. The Morgan fingerprint density at radius 2 is 1.52 bits per heavy atom. The summed E-state index contributed by atoms with van der Waals surface area (Å²) in [6, 6.07) is 22.7. The molecule has 4 amide bonds. The zero-order valence-electron chi connectivity index (χ0n) is 37.0. The first-order chi connectivity index (χ1) is 32.1. The summed E-state index contributed by atoms with van der Waals surface area (Å²) in [7, 11) is 0. The highest BCUT2D eigenvalue weighted by Gasteiger charge is 2.45. The topological polar surface area (TPSA) is 159 Å². The van der Waals surface area contributed by atoms with E-state index in [1.807, 2.05) is 29.3 Å². The van der Waals surface area contributed by atoms with Crippen LogP contribution in [0.15, 0.2) is 79.0 Å². The highest BCUT2D eigenvalue weighted by Crippen LogP contribution is 2.35. The van der Waals surface area contributed by atoms with E-state index < -0.39 is 35.5 Å². The molecule has 0 saturated carbocycles. The summed E-state index contributed by atoms with van der Waals surface area (Å²) in [4.78, 5) is 70.2. The molecule has 1 unspecified atom stereocenters. The minimum atomic E-state index is -1.09. The van der Waals surface area contributed by atoms with E-state index in [1.54, 1.807) is 4.68 Å². The number of aryl methyl sites for hydroxylation is 1. The lowest BCUT2D eigenvalue weighted by atomic mass is 9.95. The Morgan fingerprint density at radius 3 is 2.26 bits per heavy atom. The number of imide groups is 2. The quantitative estimate of drug-likeness (QED) is 0.173. The molecule has 5 aliphatic rings. The first kappa shape index (κ1) is 43.2. The lowest BCUT2D eigenvalue weighted by molar-refractivity contribution is -0.136. The number of benzene rings is 3. The molecule has 1 atom stereocenters. The number of aromatic nitrogens is 4. The molecule has 66 heavy (non-hydrogen) atoms. The molecular weight excluding hydrogens is 844 g/mol. The number of piperidine rings is 2. The molecule has 4 saturated heterocycles. The van der Waals surface area contributed by atoms with Gasteiger partial charge in [0.25, 0.3) is 11.8 Å². The monoisotopic (exact) mass is 896 g/mol. The molecule has 5 aromatic rings. The number of carbonyl (C=O) groups excluding carboxylic acids is 4. The highest BCUT2D eigenvalue weighted by atomic mass is 19.1. The van der Waals surface area contributed by atoms with Crippen molar-refractivity contribution >= 4 is 40.8 Å². The first-order valence-electron chi connectivity index (χ1n) is 23.0. The van der Waals surface area contributed by atoms with Crippen molar-refractivity contribution in [2.75, 3.05) is 93.4 Å². The first-order valence-corrected chi connectivity index (χ1v) is 23.0. The third-order valence-electron chi connectivity index (χ3n) is 13.4. The molecule has 7 heterocycles. The third kappa shape index (κ3) is 9.09. The molecule has 10 rings (SSSR count). The van der Waals surface area contributed by atoms with Crippen LogP contribution in [-0.4, -0.2) is 138 Å². The predicted molar refractivity (Wildman–Crippen MR) is 245 cm³/mol. The Hall–Kier alpha value is -6.72. The number of amides is 4. The standard InChI is InChI=1S/C49H53FN10O6/c1-32-3-2-4-35(27-32)40-13-17-59(54-40)44-30-43(58-22-25-65-26-23-58)51-49(52-44)66-24-14-33-5-7-36(8-6-33)56-20-18-55(19-21-56)31-34-11-15-57(16-12-34)42-29-38-37(28-39(42)50)47(63)60(48(38)64)41-9-10-45(61)53-46(41)62/h2-8,13,17,27-30,34,41H,9-12,14-16,18-26,31H2,1H3,(H,53,61,62). The van der Waals surface area contributed by atoms with E-state index in [-0.39, 0.29) is 24.0 Å². The zero-order chi connectivity index (χ0) is 45.3. The van der Waals surface area contributed by atoms with Gasteiger partial charge < -0.3 is 24.2 Å². The van der Waals surface area contributed by atoms with Gasteiger partial charge in [0.05, 0.1) is 42.3 Å². The second kappa shape index (κ2) is 18.6. The van der Waals surface area contributed by atoms with Gasteiger partial charge in [0.2, 0.25) is 11.8 Å². The summed E-state index contributed by atoms with van der Waals surface area (Å²) < 4.78 is 29.1. The summed E-state index contributed by atoms with van der Waals surface area (Å²) in [5.74, 6) is -1.15. The largest absolute Gasteiger partial charge is 0.463 e. The maximum Gasteiger partial charge on any atom is 0.320 e. The summed E-state index contributed by atoms with van der Waals surface area (Å²) >= 11 is 0. The van der Waals surface area contributed by atoms with Crippen LogP contribution in [0.4, 0.5) is 21.6 Å². The van der Waals surface area contributed by atoms with Crippen LogP contribution in [0, 0.1) is 18.7 Å². The van der Waals surface area contributed by atoms with Crippen LogP contribution in [-0.2, 0) is 20.7 Å². The van der Waals surface area contributed by atoms with Crippen LogP contribution in [0.25, 0.3) is 17.1 Å². The van der Waals surface area contributed by atoms with Gasteiger partial charge in [0, 0.05) is 95.3 Å². The summed E-state index contributed by atoms with van der Waals surface area (Å²) in [6.07, 6.45) is 4.45. The maximum absolute atomic E-state index is 15.5. The van der Waals surface area contributed by atoms with Crippen molar-refractivity contribution in [3.8, 4) is 23.1 Å². The van der Waals surface area contributed by atoms with Crippen LogP contribution in [0.5, 0.6) is 6.01 Å². The van der Waals surface area contributed by atoms with Crippen molar-refractivity contribution < 1.29 is 33.0 Å². The van der Waals surface area contributed by atoms with Gasteiger partial charge in [-0.3, -0.25) is 34.3 Å². The maximum atomic E-state index is 15.5. The molecule has 17 heteroatoms. The van der Waals surface area contributed by atoms with E-state index in [0.717, 1.165) is 92.3 Å². The van der Waals surface area contributed by atoms with E-state index in [0.29, 0.717) is 62.8 Å². The van der Waals surface area contributed by atoms with Gasteiger partial charge in [-0.05, 0) is 74.1 Å². The van der Waals surface area contributed by atoms with Crippen molar-refractivity contribution in [1.29, 1.82) is 0 Å². The van der Waals surface area contributed by atoms with Crippen molar-refractivity contribution in [3.63, 3.8) is 0 Å². The molecule has 0 aliphatic carbocycles. The van der Waals surface area contributed by atoms with Crippen LogP contribution < -0.4 is 24.8 Å². The number of morpholine rings is 1. The fraction of sp³-hybridized carbons (Fsp3) is 0.408. The van der Waals surface area contributed by atoms with Gasteiger partial charge in [-0.2, -0.15) is 15.1 Å². The van der Waals surface area contributed by atoms with E-state index >= 15 is 4.39 Å². The average Bonchev–Trinajstić information content (AvgIpc) is 3.92. The second-order valence-corrected chi connectivity index (χ2v) is 17.8. The Labute approximate surface area is 382 Å². The van der Waals surface area contributed by atoms with E-state index in [1.165, 1.54) is 17.3 Å². The van der Waals surface area contributed by atoms with Gasteiger partial charge >= 0.3 is 6.01 Å². The van der Waals surface area contributed by atoms with Crippen molar-refractivity contribution in [2.45, 2.75) is 45.1 Å². The summed E-state index contributed by atoms with van der Waals surface area (Å²) in [6.45, 7) is 11.2. The second-order valence-electron chi connectivity index (χ2n) is 17.8. The highest BCUT2D eigenvalue weighted by molar-refractivity contribution is 6.23. The molecule has 4 fully saturated rings. The SMILES string of the molecule is Cc1cccc(-c2ccn(-c3cc(N4CCOCC4)nc(OCCc4ccc(N5CCN(CC6CCN(c7cc8c(cc7F)C(=O)N(C7CCC(=O)NC7=O)C8=O)CC6)CC5)cc4)n3)n2)c1. The molecule has 0 spiro atoms. The molecule has 0 radical (unpaired) electrons. The van der Waals surface area contributed by atoms with Crippen molar-refractivity contribution in [3.05, 3.63) is 107 Å². The molecule has 16 nitrogen and oxygen atoms in total. The van der Waals surface area contributed by atoms with E-state index in [4.69, 9.17) is 24.5 Å². The predicted octanol–water partition coefficient (Wildman–Crippen LogP) is 4.67. The molecule has 2 aromatic heterocycles. The lowest BCUT2D eigenvalue weighted by Crippen LogP contribution is -2.54. The van der Waals surface area contributed by atoms with Crippen molar-refractivity contribution in [1.82, 2.24) is 34.9 Å². The number of nitrogens with one attached hydrogen (secondary N) is 1. The molecule has 3 aromatic carbocycles. The molecule has 342 valence electrons. The van der Waals surface area contributed by atoms with E-state index in [9.17, 15) is 19.2 Å². The smallest absolute Gasteiger partial charge is 0.320 e. The number of ether oxygens (including phenoxy) is 2.